The number of nitrogens with zero attached hydrogens (tertiary/aromatic N) is 1. The van der Waals surface area contributed by atoms with Crippen LogP contribution in [0.3, 0.4) is 0 Å². The van der Waals surface area contributed by atoms with E-state index in [2.05, 4.69) is 23.7 Å². The molecule has 28 heavy (non-hydrogen) atoms. The number of nitrogens with one attached hydrogen (secondary N) is 1. The summed E-state index contributed by atoms with van der Waals surface area (Å²) in [4.78, 5) is 12.8. The monoisotopic (exact) mass is 396 g/mol. The van der Waals surface area contributed by atoms with Crippen LogP contribution in [0.5, 0.6) is 5.75 Å². The van der Waals surface area contributed by atoms with E-state index in [9.17, 15) is 4.79 Å². The van der Waals surface area contributed by atoms with Crippen LogP contribution in [0.15, 0.2) is 54.6 Å². The van der Waals surface area contributed by atoms with Crippen LogP contribution in [0, 0.1) is 12.8 Å². The van der Waals surface area contributed by atoms with Crippen molar-refractivity contribution in [2.24, 2.45) is 5.92 Å². The van der Waals surface area contributed by atoms with Crippen molar-refractivity contribution in [3.05, 3.63) is 70.9 Å². The summed E-state index contributed by atoms with van der Waals surface area (Å²) in [6, 6.07) is 17.4. The lowest BCUT2D eigenvalue weighted by molar-refractivity contribution is 0.0948. The smallest absolute Gasteiger partial charge is 0.253 e. The fourth-order valence-corrected chi connectivity index (χ4v) is 3.25. The van der Waals surface area contributed by atoms with Crippen LogP contribution in [-0.2, 0) is 0 Å². The van der Waals surface area contributed by atoms with Gasteiger partial charge in [-0.25, -0.2) is 0 Å². The molecule has 0 bridgehead atoms. The maximum Gasteiger partial charge on any atom is 0.253 e. The summed E-state index contributed by atoms with van der Waals surface area (Å²) in [7, 11) is 1.65. The minimum Gasteiger partial charge on any atom is -0.497 e. The minimum atomic E-state index is -0.0614. The number of halogens is 1. The van der Waals surface area contributed by atoms with E-state index in [0.717, 1.165) is 28.4 Å². The number of ether oxygens (including phenoxy) is 1. The van der Waals surface area contributed by atoms with Crippen molar-refractivity contribution in [1.29, 1.82) is 0 Å². The third-order valence-corrected chi connectivity index (χ3v) is 4.89. The van der Waals surface area contributed by atoms with Crippen LogP contribution in [0.25, 0.3) is 16.9 Å². The van der Waals surface area contributed by atoms with E-state index >= 15 is 0 Å². The molecule has 0 spiro atoms. The molecule has 3 aromatic rings. The van der Waals surface area contributed by atoms with Crippen molar-refractivity contribution in [3.63, 3.8) is 0 Å². The number of aromatic nitrogens is 1. The Hall–Kier alpha value is -2.72. The summed E-state index contributed by atoms with van der Waals surface area (Å²) in [6.45, 7) is 6.76. The molecule has 1 amide bonds. The van der Waals surface area contributed by atoms with E-state index in [1.54, 1.807) is 7.11 Å². The lowest BCUT2D eigenvalue weighted by Crippen LogP contribution is -2.27. The number of rotatable bonds is 6. The van der Waals surface area contributed by atoms with E-state index in [-0.39, 0.29) is 5.91 Å². The van der Waals surface area contributed by atoms with Gasteiger partial charge in [0.05, 0.1) is 18.4 Å². The Morgan fingerprint density at radius 3 is 2.32 bits per heavy atom. The van der Waals surface area contributed by atoms with Gasteiger partial charge in [0.25, 0.3) is 5.91 Å². The van der Waals surface area contributed by atoms with E-state index < -0.39 is 0 Å². The van der Waals surface area contributed by atoms with Gasteiger partial charge in [0.15, 0.2) is 0 Å². The first-order valence-electron chi connectivity index (χ1n) is 9.31. The highest BCUT2D eigenvalue weighted by atomic mass is 35.5. The van der Waals surface area contributed by atoms with Crippen molar-refractivity contribution >= 4 is 17.5 Å². The maximum absolute atomic E-state index is 12.8. The molecule has 0 saturated carbocycles. The molecule has 0 aliphatic carbocycles. The number of hydrogen-bond acceptors (Lipinski definition) is 2. The number of methoxy groups -OCH3 is 1. The van der Waals surface area contributed by atoms with Gasteiger partial charge < -0.3 is 14.6 Å². The average molecular weight is 397 g/mol. The molecule has 146 valence electrons. The minimum absolute atomic E-state index is 0.0614. The molecule has 0 atom stereocenters. The van der Waals surface area contributed by atoms with Gasteiger partial charge in [-0.1, -0.05) is 37.6 Å². The number of carbonyl (C=O) groups excluding carboxylic acids is 1. The van der Waals surface area contributed by atoms with Crippen molar-refractivity contribution < 1.29 is 9.53 Å². The Kier molecular flexibility index (Phi) is 6.10. The third-order valence-electron chi connectivity index (χ3n) is 4.63. The summed E-state index contributed by atoms with van der Waals surface area (Å²) in [5.41, 5.74) is 4.45. The van der Waals surface area contributed by atoms with E-state index in [1.807, 2.05) is 61.5 Å². The van der Waals surface area contributed by atoms with Crippen LogP contribution in [0.2, 0.25) is 5.02 Å². The first-order valence-corrected chi connectivity index (χ1v) is 9.69. The van der Waals surface area contributed by atoms with E-state index in [4.69, 9.17) is 16.3 Å². The van der Waals surface area contributed by atoms with Gasteiger partial charge >= 0.3 is 0 Å². The number of carbonyl (C=O) groups is 1. The molecule has 0 unspecified atom stereocenters. The number of hydrogen-bond donors (Lipinski definition) is 1. The first kappa shape index (κ1) is 20.0. The van der Waals surface area contributed by atoms with Gasteiger partial charge in [0.2, 0.25) is 0 Å². The van der Waals surface area contributed by atoms with Crippen LogP contribution in [-0.4, -0.2) is 24.1 Å². The quantitative estimate of drug-likeness (QED) is 0.597. The lowest BCUT2D eigenvalue weighted by atomic mass is 10.1. The van der Waals surface area contributed by atoms with Crippen LogP contribution in [0.1, 0.15) is 29.9 Å². The molecule has 1 aromatic heterocycles. The fourth-order valence-electron chi connectivity index (χ4n) is 3.13. The van der Waals surface area contributed by atoms with E-state index in [0.29, 0.717) is 23.0 Å². The summed E-state index contributed by atoms with van der Waals surface area (Å²) in [5.74, 6) is 1.12. The van der Waals surface area contributed by atoms with Crippen molar-refractivity contribution in [3.8, 4) is 22.7 Å². The number of benzene rings is 2. The maximum atomic E-state index is 12.8. The highest BCUT2D eigenvalue weighted by molar-refractivity contribution is 6.30. The number of amides is 1. The van der Waals surface area contributed by atoms with Crippen LogP contribution >= 0.6 is 11.6 Å². The van der Waals surface area contributed by atoms with Gasteiger partial charge in [-0.3, -0.25) is 4.79 Å². The lowest BCUT2D eigenvalue weighted by Gasteiger charge is -2.13. The molecular formula is C23H25ClN2O2. The Labute approximate surface area is 171 Å². The third kappa shape index (κ3) is 4.23. The summed E-state index contributed by atoms with van der Waals surface area (Å²) in [5, 5.41) is 3.70. The Morgan fingerprint density at radius 1 is 1.11 bits per heavy atom. The van der Waals surface area contributed by atoms with Gasteiger partial charge in [-0.2, -0.15) is 0 Å². The van der Waals surface area contributed by atoms with Gasteiger partial charge in [0.1, 0.15) is 5.75 Å². The SMILES string of the molecule is COc1ccc(-n2c(-c3ccc(Cl)cc3)cc(C(=O)NCC(C)C)c2C)cc1. The molecule has 1 heterocycles. The summed E-state index contributed by atoms with van der Waals surface area (Å²) in [6.07, 6.45) is 0. The molecule has 3 rings (SSSR count). The highest BCUT2D eigenvalue weighted by Gasteiger charge is 2.19. The second-order valence-electron chi connectivity index (χ2n) is 7.17. The van der Waals surface area contributed by atoms with Gasteiger partial charge in [0, 0.05) is 22.9 Å². The van der Waals surface area contributed by atoms with Crippen LogP contribution < -0.4 is 10.1 Å². The van der Waals surface area contributed by atoms with Gasteiger partial charge in [-0.05, 0) is 60.9 Å². The molecule has 0 radical (unpaired) electrons. The highest BCUT2D eigenvalue weighted by Crippen LogP contribution is 2.31. The largest absolute Gasteiger partial charge is 0.497 e. The molecular weight excluding hydrogens is 372 g/mol. The second-order valence-corrected chi connectivity index (χ2v) is 7.61. The first-order chi connectivity index (χ1) is 13.4. The molecule has 2 aromatic carbocycles. The molecule has 5 heteroatoms. The zero-order valence-corrected chi connectivity index (χ0v) is 17.4. The molecule has 0 saturated heterocycles. The van der Waals surface area contributed by atoms with Crippen molar-refractivity contribution in [2.75, 3.05) is 13.7 Å². The summed E-state index contributed by atoms with van der Waals surface area (Å²) >= 11 is 6.06. The molecule has 1 N–H and O–H groups in total. The Bertz CT molecular complexity index is 958. The van der Waals surface area contributed by atoms with Gasteiger partial charge in [-0.15, -0.1) is 0 Å². The molecule has 4 nitrogen and oxygen atoms in total. The Balaban J connectivity index is 2.11. The summed E-state index contributed by atoms with van der Waals surface area (Å²) < 4.78 is 7.36. The second kappa shape index (κ2) is 8.53. The van der Waals surface area contributed by atoms with E-state index in [1.165, 1.54) is 0 Å². The zero-order valence-electron chi connectivity index (χ0n) is 16.6. The Morgan fingerprint density at radius 2 is 1.75 bits per heavy atom. The van der Waals surface area contributed by atoms with Crippen LogP contribution in [0.4, 0.5) is 0 Å². The van der Waals surface area contributed by atoms with Crippen molar-refractivity contribution in [1.82, 2.24) is 9.88 Å². The fraction of sp³-hybridized carbons (Fsp3) is 0.261. The molecule has 0 aliphatic heterocycles. The topological polar surface area (TPSA) is 43.3 Å². The normalized spacial score (nSPS) is 10.9. The molecule has 0 fully saturated rings. The zero-order chi connectivity index (χ0) is 20.3. The predicted octanol–water partition coefficient (Wildman–Crippen LogP) is 5.50. The van der Waals surface area contributed by atoms with Crippen molar-refractivity contribution in [2.45, 2.75) is 20.8 Å². The molecule has 0 aliphatic rings. The predicted molar refractivity (Wildman–Crippen MR) is 115 cm³/mol. The standard InChI is InChI=1S/C23H25ClN2O2/c1-15(2)14-25-23(27)21-13-22(17-5-7-18(24)8-6-17)26(16(21)3)19-9-11-20(28-4)12-10-19/h5-13,15H,14H2,1-4H3,(H,25,27). The average Bonchev–Trinajstić information content (AvgIpc) is 3.04.